The van der Waals surface area contributed by atoms with Crippen LogP contribution < -0.4 is 10.6 Å². The minimum atomic E-state index is -4.47. The molecule has 1 saturated heterocycles. The number of rotatable bonds is 3. The molecule has 1 unspecified atom stereocenters. The third-order valence-electron chi connectivity index (χ3n) is 3.69. The highest BCUT2D eigenvalue weighted by Gasteiger charge is 2.30. The molecule has 1 aliphatic heterocycles. The predicted molar refractivity (Wildman–Crippen MR) is 74.9 cm³/mol. The lowest BCUT2D eigenvalue weighted by molar-refractivity contribution is -0.123. The molecule has 9 heteroatoms. The third kappa shape index (κ3) is 3.29. The Hall–Kier alpha value is -2.16. The molecule has 0 bridgehead atoms. The van der Waals surface area contributed by atoms with E-state index in [4.69, 9.17) is 4.52 Å². The van der Waals surface area contributed by atoms with Gasteiger partial charge in [-0.05, 0) is 32.4 Å². The average Bonchev–Trinajstić information content (AvgIpc) is 3.11. The first-order chi connectivity index (χ1) is 10.8. The van der Waals surface area contributed by atoms with Crippen molar-refractivity contribution in [3.8, 4) is 0 Å². The summed E-state index contributed by atoms with van der Waals surface area (Å²) in [5.74, 6) is -0.819. The van der Waals surface area contributed by atoms with Crippen molar-refractivity contribution in [2.75, 3.05) is 13.1 Å². The summed E-state index contributed by atoms with van der Waals surface area (Å²) in [5.41, 5.74) is 1.24. The Labute approximate surface area is 129 Å². The van der Waals surface area contributed by atoms with Gasteiger partial charge >= 0.3 is 6.18 Å². The van der Waals surface area contributed by atoms with Gasteiger partial charge in [0, 0.05) is 5.69 Å². The summed E-state index contributed by atoms with van der Waals surface area (Å²) < 4.78 is 42.1. The summed E-state index contributed by atoms with van der Waals surface area (Å²) in [5, 5.41) is 9.45. The quantitative estimate of drug-likeness (QED) is 0.903. The van der Waals surface area contributed by atoms with Crippen LogP contribution >= 0.6 is 0 Å². The maximum atomic E-state index is 12.3. The van der Waals surface area contributed by atoms with E-state index in [1.54, 1.807) is 6.92 Å². The van der Waals surface area contributed by atoms with Crippen LogP contribution in [0.5, 0.6) is 0 Å². The number of fused-ring (bicyclic) bond motifs is 1. The van der Waals surface area contributed by atoms with E-state index >= 15 is 0 Å². The number of pyridine rings is 1. The van der Waals surface area contributed by atoms with Gasteiger partial charge in [0.2, 0.25) is 0 Å². The standard InChI is InChI=1S/C14H15F3N4O2/c1-7-5-8(12(22)19-6-14(15,16)17)10-11(9-3-2-4-18-9)21-23-13(10)20-7/h5,9,18H,2-4,6H2,1H3,(H,19,22). The minimum Gasteiger partial charge on any atom is -0.343 e. The molecule has 2 N–H and O–H groups in total. The van der Waals surface area contributed by atoms with E-state index in [1.165, 1.54) is 6.07 Å². The predicted octanol–water partition coefficient (Wildman–Crippen LogP) is 2.25. The number of halogens is 3. The number of carbonyl (C=O) groups excluding carboxylic acids is 1. The van der Waals surface area contributed by atoms with Gasteiger partial charge in [0.15, 0.2) is 0 Å². The van der Waals surface area contributed by atoms with Gasteiger partial charge in [-0.1, -0.05) is 5.16 Å². The van der Waals surface area contributed by atoms with Crippen molar-refractivity contribution in [3.63, 3.8) is 0 Å². The van der Waals surface area contributed by atoms with Crippen molar-refractivity contribution in [2.45, 2.75) is 32.0 Å². The highest BCUT2D eigenvalue weighted by molar-refractivity contribution is 6.06. The van der Waals surface area contributed by atoms with Crippen molar-refractivity contribution < 1.29 is 22.5 Å². The number of aromatic nitrogens is 2. The van der Waals surface area contributed by atoms with Crippen molar-refractivity contribution in [2.24, 2.45) is 0 Å². The number of amides is 1. The van der Waals surface area contributed by atoms with Crippen LogP contribution in [0.3, 0.4) is 0 Å². The Morgan fingerprint density at radius 2 is 2.30 bits per heavy atom. The summed E-state index contributed by atoms with van der Waals surface area (Å²) in [7, 11) is 0. The van der Waals surface area contributed by atoms with Crippen LogP contribution in [0, 0.1) is 6.92 Å². The van der Waals surface area contributed by atoms with Crippen LogP contribution in [0.25, 0.3) is 11.1 Å². The van der Waals surface area contributed by atoms with E-state index in [0.717, 1.165) is 19.4 Å². The molecule has 0 aliphatic carbocycles. The molecule has 0 spiro atoms. The molecule has 0 aromatic carbocycles. The largest absolute Gasteiger partial charge is 0.405 e. The summed E-state index contributed by atoms with van der Waals surface area (Å²) in [6.07, 6.45) is -2.70. The molecule has 1 atom stereocenters. The highest BCUT2D eigenvalue weighted by Crippen LogP contribution is 2.31. The lowest BCUT2D eigenvalue weighted by Gasteiger charge is -2.11. The molecular weight excluding hydrogens is 313 g/mol. The highest BCUT2D eigenvalue weighted by atomic mass is 19.4. The molecule has 2 aromatic rings. The second-order valence-electron chi connectivity index (χ2n) is 5.51. The van der Waals surface area contributed by atoms with E-state index in [9.17, 15) is 18.0 Å². The number of nitrogens with zero attached hydrogens (tertiary/aromatic N) is 2. The Bertz CT molecular complexity index is 735. The van der Waals surface area contributed by atoms with Gasteiger partial charge in [-0.3, -0.25) is 4.79 Å². The number of aryl methyl sites for hydroxylation is 1. The molecule has 23 heavy (non-hydrogen) atoms. The van der Waals surface area contributed by atoms with Crippen LogP contribution in [-0.4, -0.2) is 35.3 Å². The van der Waals surface area contributed by atoms with Crippen LogP contribution in [0.15, 0.2) is 10.6 Å². The van der Waals surface area contributed by atoms with E-state index in [1.807, 2.05) is 5.32 Å². The fraction of sp³-hybridized carbons (Fsp3) is 0.500. The Morgan fingerprint density at radius 3 is 2.96 bits per heavy atom. The summed E-state index contributed by atoms with van der Waals surface area (Å²) in [6, 6.07) is 1.36. The zero-order valence-corrected chi connectivity index (χ0v) is 12.3. The fourth-order valence-corrected chi connectivity index (χ4v) is 2.71. The molecule has 1 fully saturated rings. The molecule has 0 radical (unpaired) electrons. The molecule has 6 nitrogen and oxygen atoms in total. The second-order valence-corrected chi connectivity index (χ2v) is 5.51. The van der Waals surface area contributed by atoms with Gasteiger partial charge in [-0.2, -0.15) is 13.2 Å². The zero-order chi connectivity index (χ0) is 16.6. The van der Waals surface area contributed by atoms with Gasteiger partial charge in [0.25, 0.3) is 11.6 Å². The zero-order valence-electron chi connectivity index (χ0n) is 12.3. The van der Waals surface area contributed by atoms with E-state index in [-0.39, 0.29) is 17.3 Å². The molecule has 1 aliphatic rings. The number of hydrogen-bond donors (Lipinski definition) is 2. The Balaban J connectivity index is 2.00. The minimum absolute atomic E-state index is 0.0880. The third-order valence-corrected chi connectivity index (χ3v) is 3.69. The molecular formula is C14H15F3N4O2. The first kappa shape index (κ1) is 15.7. The molecule has 1 amide bonds. The van der Waals surface area contributed by atoms with Gasteiger partial charge in [-0.15, -0.1) is 0 Å². The van der Waals surface area contributed by atoms with Crippen molar-refractivity contribution in [1.82, 2.24) is 20.8 Å². The SMILES string of the molecule is Cc1cc(C(=O)NCC(F)(F)F)c2c(C3CCCN3)noc2n1. The van der Waals surface area contributed by atoms with E-state index in [0.29, 0.717) is 16.8 Å². The molecule has 3 heterocycles. The number of hydrogen-bond acceptors (Lipinski definition) is 5. The van der Waals surface area contributed by atoms with Crippen LogP contribution in [0.2, 0.25) is 0 Å². The van der Waals surface area contributed by atoms with Gasteiger partial charge in [0.05, 0.1) is 17.0 Å². The summed E-state index contributed by atoms with van der Waals surface area (Å²) in [4.78, 5) is 16.4. The number of carbonyl (C=O) groups is 1. The summed E-state index contributed by atoms with van der Waals surface area (Å²) >= 11 is 0. The molecule has 3 rings (SSSR count). The maximum Gasteiger partial charge on any atom is 0.405 e. The van der Waals surface area contributed by atoms with Crippen LogP contribution in [-0.2, 0) is 0 Å². The van der Waals surface area contributed by atoms with Gasteiger partial charge < -0.3 is 15.2 Å². The smallest absolute Gasteiger partial charge is 0.343 e. The fourth-order valence-electron chi connectivity index (χ4n) is 2.71. The number of nitrogens with one attached hydrogen (secondary N) is 2. The van der Waals surface area contributed by atoms with Crippen molar-refractivity contribution >= 4 is 17.0 Å². The normalized spacial score (nSPS) is 18.5. The van der Waals surface area contributed by atoms with Crippen molar-refractivity contribution in [1.29, 1.82) is 0 Å². The lowest BCUT2D eigenvalue weighted by atomic mass is 10.0. The van der Waals surface area contributed by atoms with Gasteiger partial charge in [-0.25, -0.2) is 4.98 Å². The van der Waals surface area contributed by atoms with Gasteiger partial charge in [0.1, 0.15) is 12.2 Å². The maximum absolute atomic E-state index is 12.3. The van der Waals surface area contributed by atoms with E-state index < -0.39 is 18.6 Å². The Kier molecular flexibility index (Phi) is 3.97. The Morgan fingerprint density at radius 1 is 1.52 bits per heavy atom. The molecule has 124 valence electrons. The number of alkyl halides is 3. The monoisotopic (exact) mass is 328 g/mol. The summed E-state index contributed by atoms with van der Waals surface area (Å²) in [6.45, 7) is 1.06. The average molecular weight is 328 g/mol. The van der Waals surface area contributed by atoms with E-state index in [2.05, 4.69) is 15.5 Å². The topological polar surface area (TPSA) is 80.0 Å². The van der Waals surface area contributed by atoms with Crippen LogP contribution in [0.4, 0.5) is 13.2 Å². The van der Waals surface area contributed by atoms with Crippen molar-refractivity contribution in [3.05, 3.63) is 23.0 Å². The molecule has 0 saturated carbocycles. The lowest BCUT2D eigenvalue weighted by Crippen LogP contribution is -2.34. The van der Waals surface area contributed by atoms with Crippen LogP contribution in [0.1, 0.15) is 40.6 Å². The first-order valence-corrected chi connectivity index (χ1v) is 7.20. The second kappa shape index (κ2) is 5.80. The first-order valence-electron chi connectivity index (χ1n) is 7.20. The molecule has 2 aromatic heterocycles.